The zero-order chi connectivity index (χ0) is 46.7. The molecule has 0 aliphatic carbocycles. The first kappa shape index (κ1) is 61.2. The smallest absolute Gasteiger partial charge is 0.462 e. The number of phosphoric ester groups is 1. The Hall–Kier alpha value is -2.81. The maximum absolute atomic E-state index is 12.6. The predicted octanol–water partition coefficient (Wildman–Crippen LogP) is 15.6. The minimum Gasteiger partial charge on any atom is -0.462 e. The molecule has 10 heteroatoms. The van der Waals surface area contributed by atoms with E-state index in [1.165, 1.54) is 89.9 Å². The van der Waals surface area contributed by atoms with Crippen molar-refractivity contribution in [2.45, 2.75) is 219 Å². The van der Waals surface area contributed by atoms with Crippen LogP contribution in [-0.4, -0.2) is 49.3 Å². The van der Waals surface area contributed by atoms with E-state index in [9.17, 15) is 19.0 Å². The van der Waals surface area contributed by atoms with Crippen molar-refractivity contribution in [3.8, 4) is 0 Å². The van der Waals surface area contributed by atoms with Crippen LogP contribution in [0.3, 0.4) is 0 Å². The van der Waals surface area contributed by atoms with E-state index in [2.05, 4.69) is 98.9 Å². The molecule has 9 nitrogen and oxygen atoms in total. The number of phosphoric acid groups is 1. The molecule has 0 saturated heterocycles. The molecule has 0 fully saturated rings. The molecule has 0 heterocycles. The fraction of sp³-hybridized carbons (Fsp3) is 0.704. The zero-order valence-corrected chi connectivity index (χ0v) is 41.6. The Kier molecular flexibility index (Phi) is 47.4. The molecule has 0 spiro atoms. The van der Waals surface area contributed by atoms with Crippen molar-refractivity contribution in [3.05, 3.63) is 85.1 Å². The Morgan fingerprint density at radius 1 is 0.484 bits per heavy atom. The van der Waals surface area contributed by atoms with E-state index in [1.807, 2.05) is 0 Å². The van der Waals surface area contributed by atoms with Gasteiger partial charge in [0.25, 0.3) is 0 Å². The third-order valence-electron chi connectivity index (χ3n) is 10.5. The van der Waals surface area contributed by atoms with E-state index in [0.29, 0.717) is 6.42 Å². The van der Waals surface area contributed by atoms with Gasteiger partial charge in [0.05, 0.1) is 13.2 Å². The Morgan fingerprint density at radius 3 is 1.28 bits per heavy atom. The molecule has 0 aromatic carbocycles. The summed E-state index contributed by atoms with van der Waals surface area (Å²) >= 11 is 0. The topological polar surface area (TPSA) is 134 Å². The van der Waals surface area contributed by atoms with Crippen molar-refractivity contribution in [1.82, 2.24) is 0 Å². The SMILES string of the molecule is CC/C=C\C/C=C\C/C=C\C/C=C\C/C=C\C/C=C\C/C=C\CCCCCCCCCC(=O)OC(COC(=O)CCCCCCCCCCCCCCCC)COP(=O)(O)OCCN. The largest absolute Gasteiger partial charge is 0.472 e. The van der Waals surface area contributed by atoms with E-state index < -0.39 is 26.5 Å². The first-order chi connectivity index (χ1) is 31.3. The van der Waals surface area contributed by atoms with Gasteiger partial charge in [-0.3, -0.25) is 18.6 Å². The second-order valence-electron chi connectivity index (χ2n) is 16.7. The van der Waals surface area contributed by atoms with E-state index >= 15 is 0 Å². The van der Waals surface area contributed by atoms with Crippen LogP contribution >= 0.6 is 7.82 Å². The lowest BCUT2D eigenvalue weighted by Gasteiger charge is -2.19. The lowest BCUT2D eigenvalue weighted by molar-refractivity contribution is -0.161. The summed E-state index contributed by atoms with van der Waals surface area (Å²) in [4.78, 5) is 35.0. The zero-order valence-electron chi connectivity index (χ0n) is 40.7. The van der Waals surface area contributed by atoms with E-state index in [1.54, 1.807) is 0 Å². The highest BCUT2D eigenvalue weighted by molar-refractivity contribution is 7.47. The third-order valence-corrected chi connectivity index (χ3v) is 11.5. The molecule has 3 N–H and O–H groups in total. The standard InChI is InChI=1S/C54H94NO8P/c1-3-5-7-9-11-13-15-17-19-20-21-22-23-24-25-26-27-28-29-30-31-32-33-35-37-39-41-43-45-47-54(57)63-52(51-62-64(58,59)61-49-48-55)50-60-53(56)46-44-42-40-38-36-34-18-16-14-12-10-8-6-4-2/h5,7,11,13,17,19,21-22,24-25,27-28,30-31,52H,3-4,6,8-10,12,14-16,18,20,23,26,29,32-51,55H2,1-2H3,(H,58,59)/b7-5-,13-11-,19-17-,22-21-,25-24-,28-27-,31-30-. The first-order valence-electron chi connectivity index (χ1n) is 25.6. The number of hydrogen-bond donors (Lipinski definition) is 2. The van der Waals surface area contributed by atoms with Crippen LogP contribution in [0.2, 0.25) is 0 Å². The average Bonchev–Trinajstić information content (AvgIpc) is 3.28. The van der Waals surface area contributed by atoms with Crippen LogP contribution < -0.4 is 5.73 Å². The molecule has 0 aliphatic rings. The van der Waals surface area contributed by atoms with Crippen LogP contribution in [0.5, 0.6) is 0 Å². The summed E-state index contributed by atoms with van der Waals surface area (Å²) in [6.45, 7) is 3.61. The summed E-state index contributed by atoms with van der Waals surface area (Å²) in [5, 5.41) is 0. The molecular weight excluding hydrogens is 822 g/mol. The Morgan fingerprint density at radius 2 is 0.859 bits per heavy atom. The first-order valence-corrected chi connectivity index (χ1v) is 27.1. The van der Waals surface area contributed by atoms with Crippen molar-refractivity contribution in [2.24, 2.45) is 5.73 Å². The van der Waals surface area contributed by atoms with E-state index in [-0.39, 0.29) is 38.6 Å². The van der Waals surface area contributed by atoms with E-state index in [0.717, 1.165) is 89.9 Å². The van der Waals surface area contributed by atoms with Crippen molar-refractivity contribution < 1.29 is 37.6 Å². The Bertz CT molecular complexity index is 1320. The van der Waals surface area contributed by atoms with Gasteiger partial charge in [0.15, 0.2) is 6.10 Å². The van der Waals surface area contributed by atoms with Crippen LogP contribution in [0.1, 0.15) is 213 Å². The fourth-order valence-electron chi connectivity index (χ4n) is 6.79. The van der Waals surface area contributed by atoms with Crippen LogP contribution in [0, 0.1) is 0 Å². The van der Waals surface area contributed by atoms with Gasteiger partial charge in [0, 0.05) is 19.4 Å². The van der Waals surface area contributed by atoms with Crippen molar-refractivity contribution in [2.75, 3.05) is 26.4 Å². The fourth-order valence-corrected chi connectivity index (χ4v) is 7.56. The molecule has 0 bridgehead atoms. The second-order valence-corrected chi connectivity index (χ2v) is 18.1. The molecule has 0 aromatic rings. The highest BCUT2D eigenvalue weighted by Crippen LogP contribution is 2.43. The van der Waals surface area contributed by atoms with Gasteiger partial charge in [0.2, 0.25) is 0 Å². The predicted molar refractivity (Wildman–Crippen MR) is 270 cm³/mol. The third kappa shape index (κ3) is 48.6. The summed E-state index contributed by atoms with van der Waals surface area (Å²) in [6, 6.07) is 0. The maximum Gasteiger partial charge on any atom is 0.472 e. The van der Waals surface area contributed by atoms with Gasteiger partial charge in [-0.05, 0) is 70.6 Å². The highest BCUT2D eigenvalue weighted by atomic mass is 31.2. The van der Waals surface area contributed by atoms with Gasteiger partial charge in [-0.1, -0.05) is 214 Å². The van der Waals surface area contributed by atoms with Crippen molar-refractivity contribution in [3.63, 3.8) is 0 Å². The molecule has 2 unspecified atom stereocenters. The molecular formula is C54H94NO8P. The Balaban J connectivity index is 4.07. The van der Waals surface area contributed by atoms with Gasteiger partial charge in [-0.25, -0.2) is 4.57 Å². The second kappa shape index (κ2) is 49.6. The number of rotatable bonds is 47. The molecule has 0 aliphatic heterocycles. The number of carbonyl (C=O) groups is 2. The van der Waals surface area contributed by atoms with Gasteiger partial charge >= 0.3 is 19.8 Å². The molecule has 0 saturated carbocycles. The summed E-state index contributed by atoms with van der Waals surface area (Å²) in [5.41, 5.74) is 5.36. The quantitative estimate of drug-likeness (QED) is 0.0265. The number of carbonyl (C=O) groups excluding carboxylic acids is 2. The van der Waals surface area contributed by atoms with Crippen molar-refractivity contribution in [1.29, 1.82) is 0 Å². The lowest BCUT2D eigenvalue weighted by atomic mass is 10.0. The number of hydrogen-bond acceptors (Lipinski definition) is 8. The van der Waals surface area contributed by atoms with Gasteiger partial charge < -0.3 is 20.1 Å². The molecule has 0 aromatic heterocycles. The van der Waals surface area contributed by atoms with Crippen LogP contribution in [0.15, 0.2) is 85.1 Å². The number of esters is 2. The molecule has 368 valence electrons. The molecule has 2 atom stereocenters. The van der Waals surface area contributed by atoms with Crippen LogP contribution in [0.25, 0.3) is 0 Å². The van der Waals surface area contributed by atoms with Gasteiger partial charge in [-0.15, -0.1) is 0 Å². The monoisotopic (exact) mass is 916 g/mol. The van der Waals surface area contributed by atoms with Gasteiger partial charge in [0.1, 0.15) is 6.61 Å². The minimum absolute atomic E-state index is 0.0485. The summed E-state index contributed by atoms with van der Waals surface area (Å²) < 4.78 is 32.9. The molecule has 0 rings (SSSR count). The molecule has 0 amide bonds. The normalized spacial score (nSPS) is 13.9. The Labute approximate surface area is 392 Å². The summed E-state index contributed by atoms with van der Waals surface area (Å²) in [5.74, 6) is -0.841. The summed E-state index contributed by atoms with van der Waals surface area (Å²) in [6.07, 6.45) is 63.3. The highest BCUT2D eigenvalue weighted by Gasteiger charge is 2.26. The number of nitrogens with two attached hydrogens (primary N) is 1. The maximum atomic E-state index is 12.6. The van der Waals surface area contributed by atoms with E-state index in [4.69, 9.17) is 24.3 Å². The molecule has 64 heavy (non-hydrogen) atoms. The van der Waals surface area contributed by atoms with Crippen LogP contribution in [-0.2, 0) is 32.7 Å². The summed E-state index contributed by atoms with van der Waals surface area (Å²) in [7, 11) is -4.39. The van der Waals surface area contributed by atoms with Crippen molar-refractivity contribution >= 4 is 19.8 Å². The number of unbranched alkanes of at least 4 members (excludes halogenated alkanes) is 20. The van der Waals surface area contributed by atoms with Gasteiger partial charge in [-0.2, -0.15) is 0 Å². The number of allylic oxidation sites excluding steroid dienone is 14. The minimum atomic E-state index is -4.39. The number of ether oxygens (including phenoxy) is 2. The van der Waals surface area contributed by atoms with Crippen LogP contribution in [0.4, 0.5) is 0 Å². The molecule has 0 radical (unpaired) electrons. The average molecular weight is 916 g/mol. The lowest BCUT2D eigenvalue weighted by Crippen LogP contribution is -2.29.